The molecular weight excluding hydrogens is 490 g/mol. The van der Waals surface area contributed by atoms with Gasteiger partial charge in [0.2, 0.25) is 11.8 Å². The third kappa shape index (κ3) is 5.43. The van der Waals surface area contributed by atoms with E-state index in [1.807, 2.05) is 37.3 Å². The average molecular weight is 521 g/mol. The van der Waals surface area contributed by atoms with Gasteiger partial charge >= 0.3 is 0 Å². The van der Waals surface area contributed by atoms with Gasteiger partial charge < -0.3 is 20.9 Å². The van der Waals surface area contributed by atoms with Gasteiger partial charge in [0.25, 0.3) is 5.91 Å². The van der Waals surface area contributed by atoms with Gasteiger partial charge in [0, 0.05) is 12.5 Å². The van der Waals surface area contributed by atoms with Crippen molar-refractivity contribution in [3.63, 3.8) is 0 Å². The summed E-state index contributed by atoms with van der Waals surface area (Å²) in [6.45, 7) is 3.60. The molecule has 4 rings (SSSR count). The summed E-state index contributed by atoms with van der Waals surface area (Å²) >= 11 is 0. The molecule has 9 heteroatoms. The Morgan fingerprint density at radius 1 is 0.895 bits per heavy atom. The van der Waals surface area contributed by atoms with E-state index >= 15 is 0 Å². The maximum absolute atomic E-state index is 14.3. The Morgan fingerprint density at radius 3 is 2.18 bits per heavy atom. The third-order valence-electron chi connectivity index (χ3n) is 6.96. The second-order valence-corrected chi connectivity index (χ2v) is 9.35. The highest BCUT2D eigenvalue weighted by atomic mass is 19.1. The predicted molar refractivity (Wildman–Crippen MR) is 140 cm³/mol. The van der Waals surface area contributed by atoms with Gasteiger partial charge in [-0.25, -0.2) is 8.78 Å². The lowest BCUT2D eigenvalue weighted by atomic mass is 9.91. The van der Waals surface area contributed by atoms with Crippen molar-refractivity contribution in [2.24, 2.45) is 0 Å². The van der Waals surface area contributed by atoms with Crippen molar-refractivity contribution in [3.8, 4) is 0 Å². The molecule has 0 saturated carbocycles. The van der Waals surface area contributed by atoms with Gasteiger partial charge in [0.05, 0.1) is 6.04 Å². The molecule has 1 aliphatic heterocycles. The normalized spacial score (nSPS) is 16.8. The quantitative estimate of drug-likeness (QED) is 0.421. The molecule has 198 valence electrons. The number of rotatable bonds is 8. The Kier molecular flexibility index (Phi) is 8.16. The van der Waals surface area contributed by atoms with Crippen LogP contribution in [-0.2, 0) is 20.9 Å². The fourth-order valence-corrected chi connectivity index (χ4v) is 4.62. The van der Waals surface area contributed by atoms with E-state index < -0.39 is 53.2 Å². The molecule has 0 radical (unpaired) electrons. The van der Waals surface area contributed by atoms with E-state index in [4.69, 9.17) is 0 Å². The first kappa shape index (κ1) is 26.9. The summed E-state index contributed by atoms with van der Waals surface area (Å²) in [5.74, 6) is -3.90. The summed E-state index contributed by atoms with van der Waals surface area (Å²) in [6.07, 6.45) is 0. The lowest BCUT2D eigenvalue weighted by molar-refractivity contribution is -0.142. The Balaban J connectivity index is 1.71. The zero-order valence-corrected chi connectivity index (χ0v) is 21.4. The zero-order valence-electron chi connectivity index (χ0n) is 21.4. The number of fused-ring (bicyclic) bond motifs is 1. The van der Waals surface area contributed by atoms with Crippen LogP contribution >= 0.6 is 0 Å². The topological polar surface area (TPSA) is 90.5 Å². The number of nitrogens with zero attached hydrogens (tertiary/aromatic N) is 1. The van der Waals surface area contributed by atoms with E-state index in [2.05, 4.69) is 16.0 Å². The molecule has 1 aliphatic rings. The van der Waals surface area contributed by atoms with Crippen molar-refractivity contribution in [3.05, 3.63) is 101 Å². The highest BCUT2D eigenvalue weighted by molar-refractivity contribution is 6.00. The lowest BCUT2D eigenvalue weighted by Crippen LogP contribution is -2.54. The van der Waals surface area contributed by atoms with Crippen molar-refractivity contribution >= 4 is 23.4 Å². The number of likely N-dealkylation sites (N-methyl/N-ethyl adjacent to an activating group) is 1. The van der Waals surface area contributed by atoms with Gasteiger partial charge in [-0.2, -0.15) is 0 Å². The first-order valence-electron chi connectivity index (χ1n) is 12.4. The summed E-state index contributed by atoms with van der Waals surface area (Å²) in [4.78, 5) is 41.9. The Hall–Kier alpha value is -4.11. The molecule has 4 atom stereocenters. The van der Waals surface area contributed by atoms with Crippen LogP contribution in [0.1, 0.15) is 42.5 Å². The standard InChI is InChI=1S/C29H30F2N4O3/c1-17(19-10-5-4-6-11-19)24(33-27(36)18(2)32-3)29(38)35-16-20-12-7-8-13-21(20)26(35)28(37)34-25-22(30)14-9-15-23(25)31/h4-15,17-18,24,26,32H,16H2,1-3H3,(H,33,36)(H,34,37)/t17-,18-,24-,26?/m0/s1. The van der Waals surface area contributed by atoms with E-state index in [-0.39, 0.29) is 12.5 Å². The van der Waals surface area contributed by atoms with Crippen molar-refractivity contribution in [2.75, 3.05) is 12.4 Å². The maximum atomic E-state index is 14.3. The van der Waals surface area contributed by atoms with Crippen molar-refractivity contribution in [2.45, 2.75) is 44.4 Å². The van der Waals surface area contributed by atoms with E-state index in [1.165, 1.54) is 11.0 Å². The Morgan fingerprint density at radius 2 is 1.53 bits per heavy atom. The van der Waals surface area contributed by atoms with Gasteiger partial charge in [-0.3, -0.25) is 14.4 Å². The van der Waals surface area contributed by atoms with Crippen LogP contribution in [0, 0.1) is 11.6 Å². The summed E-state index contributed by atoms with van der Waals surface area (Å²) in [5, 5.41) is 8.05. The number of carbonyl (C=O) groups excluding carboxylic acids is 3. The third-order valence-corrected chi connectivity index (χ3v) is 6.96. The number of nitrogens with one attached hydrogen (secondary N) is 3. The summed E-state index contributed by atoms with van der Waals surface area (Å²) in [7, 11) is 1.64. The molecule has 3 aromatic carbocycles. The van der Waals surface area contributed by atoms with Gasteiger partial charge in [0.15, 0.2) is 0 Å². The van der Waals surface area contributed by atoms with Crippen LogP contribution < -0.4 is 16.0 Å². The molecule has 7 nitrogen and oxygen atoms in total. The molecule has 1 heterocycles. The number of benzene rings is 3. The number of anilines is 1. The molecule has 3 amide bonds. The van der Waals surface area contributed by atoms with Crippen molar-refractivity contribution < 1.29 is 23.2 Å². The number of carbonyl (C=O) groups is 3. The van der Waals surface area contributed by atoms with E-state index in [0.29, 0.717) is 5.56 Å². The first-order valence-corrected chi connectivity index (χ1v) is 12.4. The molecule has 0 saturated heterocycles. The SMILES string of the molecule is CN[C@@H](C)C(=O)N[C@H](C(=O)N1Cc2ccccc2C1C(=O)Nc1c(F)cccc1F)[C@@H](C)c1ccccc1. The molecule has 0 spiro atoms. The number of hydrogen-bond acceptors (Lipinski definition) is 4. The van der Waals surface area contributed by atoms with Crippen LogP contribution in [0.5, 0.6) is 0 Å². The molecule has 0 fully saturated rings. The van der Waals surface area contributed by atoms with Crippen LogP contribution in [0.4, 0.5) is 14.5 Å². The highest BCUT2D eigenvalue weighted by Gasteiger charge is 2.43. The van der Waals surface area contributed by atoms with E-state index in [9.17, 15) is 23.2 Å². The minimum atomic E-state index is -1.15. The Bertz CT molecular complexity index is 1310. The first-order chi connectivity index (χ1) is 18.2. The molecule has 3 N–H and O–H groups in total. The summed E-state index contributed by atoms with van der Waals surface area (Å²) in [6, 6.07) is 16.9. The number of hydrogen-bond donors (Lipinski definition) is 3. The zero-order chi connectivity index (χ0) is 27.4. The minimum Gasteiger partial charge on any atom is -0.342 e. The number of halogens is 2. The summed E-state index contributed by atoms with van der Waals surface area (Å²) < 4.78 is 28.7. The van der Waals surface area contributed by atoms with Gasteiger partial charge in [0.1, 0.15) is 29.4 Å². The highest BCUT2D eigenvalue weighted by Crippen LogP contribution is 2.36. The van der Waals surface area contributed by atoms with E-state index in [0.717, 1.165) is 23.3 Å². The van der Waals surface area contributed by atoms with Crippen molar-refractivity contribution in [1.82, 2.24) is 15.5 Å². The molecule has 0 bridgehead atoms. The van der Waals surface area contributed by atoms with Gasteiger partial charge in [-0.15, -0.1) is 0 Å². The van der Waals surface area contributed by atoms with Crippen LogP contribution in [0.15, 0.2) is 72.8 Å². The van der Waals surface area contributed by atoms with Crippen LogP contribution in [0.25, 0.3) is 0 Å². The average Bonchev–Trinajstić information content (AvgIpc) is 3.32. The predicted octanol–water partition coefficient (Wildman–Crippen LogP) is 3.88. The van der Waals surface area contributed by atoms with Crippen LogP contribution in [0.2, 0.25) is 0 Å². The van der Waals surface area contributed by atoms with Gasteiger partial charge in [-0.1, -0.05) is 67.6 Å². The molecule has 0 aliphatic carbocycles. The second-order valence-electron chi connectivity index (χ2n) is 9.35. The second kappa shape index (κ2) is 11.5. The molecular formula is C29H30F2N4O3. The number of para-hydroxylation sites is 1. The molecule has 1 unspecified atom stereocenters. The van der Waals surface area contributed by atoms with Crippen LogP contribution in [0.3, 0.4) is 0 Å². The minimum absolute atomic E-state index is 0.0995. The summed E-state index contributed by atoms with van der Waals surface area (Å²) in [5.41, 5.74) is 1.53. The Labute approximate surface area is 220 Å². The maximum Gasteiger partial charge on any atom is 0.252 e. The fraction of sp³-hybridized carbons (Fsp3) is 0.276. The van der Waals surface area contributed by atoms with E-state index in [1.54, 1.807) is 38.2 Å². The molecule has 0 aromatic heterocycles. The largest absolute Gasteiger partial charge is 0.342 e. The number of amides is 3. The molecule has 38 heavy (non-hydrogen) atoms. The van der Waals surface area contributed by atoms with Gasteiger partial charge in [-0.05, 0) is 42.8 Å². The smallest absolute Gasteiger partial charge is 0.252 e. The van der Waals surface area contributed by atoms with Crippen molar-refractivity contribution in [1.29, 1.82) is 0 Å². The molecule has 3 aromatic rings. The fourth-order valence-electron chi connectivity index (χ4n) is 4.62. The monoisotopic (exact) mass is 520 g/mol. The van der Waals surface area contributed by atoms with Crippen LogP contribution in [-0.4, -0.2) is 41.8 Å². The lowest BCUT2D eigenvalue weighted by Gasteiger charge is -2.32.